The molecule has 1 saturated heterocycles. The van der Waals surface area contributed by atoms with Crippen LogP contribution < -0.4 is 0 Å². The van der Waals surface area contributed by atoms with E-state index in [1.807, 2.05) is 30.9 Å². The molecule has 0 bridgehead atoms. The number of hydrogen-bond donors (Lipinski definition) is 1. The number of amides is 1. The number of carbonyl (C=O) groups is 1. The van der Waals surface area contributed by atoms with Crippen molar-refractivity contribution in [3.63, 3.8) is 0 Å². The van der Waals surface area contributed by atoms with Crippen molar-refractivity contribution >= 4 is 16.9 Å². The molecule has 2 fully saturated rings. The summed E-state index contributed by atoms with van der Waals surface area (Å²) in [7, 11) is 0. The van der Waals surface area contributed by atoms with Crippen molar-refractivity contribution in [1.82, 2.24) is 4.90 Å². The number of benzene rings is 1. The van der Waals surface area contributed by atoms with Crippen molar-refractivity contribution < 1.29 is 19.1 Å². The van der Waals surface area contributed by atoms with Crippen LogP contribution >= 0.6 is 0 Å². The number of ether oxygens (including phenoxy) is 1. The summed E-state index contributed by atoms with van der Waals surface area (Å²) in [6.07, 6.45) is 4.01. The van der Waals surface area contributed by atoms with Crippen LogP contribution in [0, 0.1) is 19.8 Å². The Morgan fingerprint density at radius 3 is 2.80 bits per heavy atom. The second-order valence-electron chi connectivity index (χ2n) is 7.38. The molecule has 2 aliphatic rings. The Morgan fingerprint density at radius 1 is 1.24 bits per heavy atom. The van der Waals surface area contributed by atoms with E-state index in [4.69, 9.17) is 9.15 Å². The van der Waals surface area contributed by atoms with E-state index in [-0.39, 0.29) is 24.0 Å². The Morgan fingerprint density at radius 2 is 2.04 bits per heavy atom. The molecule has 4 rings (SSSR count). The van der Waals surface area contributed by atoms with Gasteiger partial charge < -0.3 is 19.2 Å². The average Bonchev–Trinajstić information content (AvgIpc) is 3.21. The molecule has 1 aliphatic carbocycles. The Labute approximate surface area is 147 Å². The van der Waals surface area contributed by atoms with Crippen molar-refractivity contribution in [3.8, 4) is 0 Å². The minimum atomic E-state index is -0.340. The van der Waals surface area contributed by atoms with Crippen LogP contribution in [0.3, 0.4) is 0 Å². The van der Waals surface area contributed by atoms with E-state index in [0.29, 0.717) is 25.3 Å². The van der Waals surface area contributed by atoms with E-state index >= 15 is 0 Å². The fourth-order valence-corrected chi connectivity index (χ4v) is 4.25. The minimum absolute atomic E-state index is 0.0191. The lowest BCUT2D eigenvalue weighted by molar-refractivity contribution is -0.0383. The number of rotatable bonds is 2. The predicted octanol–water partition coefficient (Wildman–Crippen LogP) is 3.05. The van der Waals surface area contributed by atoms with E-state index in [2.05, 4.69) is 0 Å². The van der Waals surface area contributed by atoms with Gasteiger partial charge in [0.25, 0.3) is 5.91 Å². The van der Waals surface area contributed by atoms with Crippen LogP contribution in [0.2, 0.25) is 0 Å². The third-order valence-electron chi connectivity index (χ3n) is 5.87. The standard InChI is InChI=1S/C20H25NO4/c1-12-8-15-16(10-25-19(15)9-13(12)2)20(23)21-6-7-24-11-17(21)14-4-3-5-18(14)22/h8-10,14,17-18,22H,3-7,11H2,1-2H3/t14-,17-,18+/m1/s1. The molecule has 3 atom stereocenters. The molecule has 1 N–H and O–H groups in total. The van der Waals surface area contributed by atoms with Gasteiger partial charge in [0.05, 0.1) is 30.9 Å². The largest absolute Gasteiger partial charge is 0.463 e. The number of furan rings is 1. The summed E-state index contributed by atoms with van der Waals surface area (Å²) in [6, 6.07) is 3.95. The van der Waals surface area contributed by atoms with Crippen LogP contribution in [-0.4, -0.2) is 47.8 Å². The lowest BCUT2D eigenvalue weighted by Gasteiger charge is -2.40. The van der Waals surface area contributed by atoms with Gasteiger partial charge in [0.1, 0.15) is 11.8 Å². The molecule has 1 amide bonds. The summed E-state index contributed by atoms with van der Waals surface area (Å²) in [5.74, 6) is 0.0841. The highest BCUT2D eigenvalue weighted by Crippen LogP contribution is 2.34. The van der Waals surface area contributed by atoms with Crippen molar-refractivity contribution in [2.75, 3.05) is 19.8 Å². The summed E-state index contributed by atoms with van der Waals surface area (Å²) in [6.45, 7) is 5.69. The van der Waals surface area contributed by atoms with Crippen LogP contribution in [0.5, 0.6) is 0 Å². The van der Waals surface area contributed by atoms with Gasteiger partial charge in [-0.1, -0.05) is 6.42 Å². The lowest BCUT2D eigenvalue weighted by atomic mass is 9.93. The molecule has 0 radical (unpaired) electrons. The quantitative estimate of drug-likeness (QED) is 0.910. The normalized spacial score (nSPS) is 27.2. The molecule has 1 aromatic carbocycles. The van der Waals surface area contributed by atoms with Gasteiger partial charge in [0.2, 0.25) is 0 Å². The van der Waals surface area contributed by atoms with Crippen LogP contribution in [0.4, 0.5) is 0 Å². The highest BCUT2D eigenvalue weighted by Gasteiger charge is 2.40. The second-order valence-corrected chi connectivity index (χ2v) is 7.38. The zero-order chi connectivity index (χ0) is 17.6. The second kappa shape index (κ2) is 6.46. The summed E-state index contributed by atoms with van der Waals surface area (Å²) >= 11 is 0. The molecular formula is C20H25NO4. The van der Waals surface area contributed by atoms with Gasteiger partial charge in [-0.25, -0.2) is 0 Å². The monoisotopic (exact) mass is 343 g/mol. The molecule has 0 spiro atoms. The summed E-state index contributed by atoms with van der Waals surface area (Å²) in [5, 5.41) is 11.2. The minimum Gasteiger partial charge on any atom is -0.463 e. The van der Waals surface area contributed by atoms with Crippen LogP contribution in [-0.2, 0) is 4.74 Å². The number of fused-ring (bicyclic) bond motifs is 1. The number of aryl methyl sites for hydroxylation is 2. The Bertz CT molecular complexity index is 796. The third kappa shape index (κ3) is 2.85. The molecule has 0 unspecified atom stereocenters. The molecule has 2 aromatic rings. The maximum Gasteiger partial charge on any atom is 0.258 e. The van der Waals surface area contributed by atoms with Gasteiger partial charge in [-0.3, -0.25) is 4.79 Å². The molecular weight excluding hydrogens is 318 g/mol. The van der Waals surface area contributed by atoms with E-state index in [9.17, 15) is 9.90 Å². The molecule has 1 aromatic heterocycles. The Kier molecular flexibility index (Phi) is 4.29. The van der Waals surface area contributed by atoms with Gasteiger partial charge in [-0.2, -0.15) is 0 Å². The molecule has 134 valence electrons. The Hall–Kier alpha value is -1.85. The molecule has 25 heavy (non-hydrogen) atoms. The highest BCUT2D eigenvalue weighted by atomic mass is 16.5. The van der Waals surface area contributed by atoms with Gasteiger partial charge in [-0.15, -0.1) is 0 Å². The maximum atomic E-state index is 13.3. The number of nitrogens with zero attached hydrogens (tertiary/aromatic N) is 1. The number of morpholine rings is 1. The molecule has 2 heterocycles. The first kappa shape index (κ1) is 16.6. The Balaban J connectivity index is 1.68. The van der Waals surface area contributed by atoms with Crippen molar-refractivity contribution in [3.05, 3.63) is 35.1 Å². The van der Waals surface area contributed by atoms with E-state index in [0.717, 1.165) is 41.4 Å². The van der Waals surface area contributed by atoms with Crippen LogP contribution in [0.1, 0.15) is 40.7 Å². The number of aliphatic hydroxyl groups excluding tert-OH is 1. The maximum absolute atomic E-state index is 13.3. The lowest BCUT2D eigenvalue weighted by Crippen LogP contribution is -2.53. The van der Waals surface area contributed by atoms with Gasteiger partial charge in [0.15, 0.2) is 0 Å². The van der Waals surface area contributed by atoms with Gasteiger partial charge in [-0.05, 0) is 49.9 Å². The smallest absolute Gasteiger partial charge is 0.258 e. The average molecular weight is 343 g/mol. The predicted molar refractivity (Wildman–Crippen MR) is 94.7 cm³/mol. The summed E-state index contributed by atoms with van der Waals surface area (Å²) < 4.78 is 11.3. The van der Waals surface area contributed by atoms with E-state index in [1.54, 1.807) is 6.26 Å². The zero-order valence-electron chi connectivity index (χ0n) is 14.8. The zero-order valence-corrected chi connectivity index (χ0v) is 14.8. The fourth-order valence-electron chi connectivity index (χ4n) is 4.25. The SMILES string of the molecule is Cc1cc2occ(C(=O)N3CCOC[C@@H]3[C@H]3CCC[C@@H]3O)c2cc1C. The third-order valence-corrected chi connectivity index (χ3v) is 5.87. The molecule has 1 saturated carbocycles. The van der Waals surface area contributed by atoms with Gasteiger partial charge >= 0.3 is 0 Å². The first-order chi connectivity index (χ1) is 12.1. The fraction of sp³-hybridized carbons (Fsp3) is 0.550. The van der Waals surface area contributed by atoms with Crippen molar-refractivity contribution in [2.45, 2.75) is 45.3 Å². The summed E-state index contributed by atoms with van der Waals surface area (Å²) in [5.41, 5.74) is 3.65. The van der Waals surface area contributed by atoms with Crippen LogP contribution in [0.15, 0.2) is 22.8 Å². The molecule has 5 heteroatoms. The van der Waals surface area contributed by atoms with E-state index < -0.39 is 0 Å². The molecule has 5 nitrogen and oxygen atoms in total. The van der Waals surface area contributed by atoms with Crippen molar-refractivity contribution in [2.24, 2.45) is 5.92 Å². The topological polar surface area (TPSA) is 62.9 Å². The number of carbonyl (C=O) groups excluding carboxylic acids is 1. The van der Waals surface area contributed by atoms with Crippen LogP contribution in [0.25, 0.3) is 11.0 Å². The van der Waals surface area contributed by atoms with Crippen molar-refractivity contribution in [1.29, 1.82) is 0 Å². The van der Waals surface area contributed by atoms with Gasteiger partial charge in [0, 0.05) is 17.8 Å². The summed E-state index contributed by atoms with van der Waals surface area (Å²) in [4.78, 5) is 15.2. The first-order valence-corrected chi connectivity index (χ1v) is 9.11. The molecule has 1 aliphatic heterocycles. The first-order valence-electron chi connectivity index (χ1n) is 9.11. The number of aliphatic hydroxyl groups is 1. The highest BCUT2D eigenvalue weighted by molar-refractivity contribution is 6.06. The number of hydrogen-bond acceptors (Lipinski definition) is 4. The van der Waals surface area contributed by atoms with E-state index in [1.165, 1.54) is 0 Å².